The van der Waals surface area contributed by atoms with Crippen LogP contribution < -0.4 is 10.6 Å². The van der Waals surface area contributed by atoms with Gasteiger partial charge in [-0.3, -0.25) is 15.5 Å². The van der Waals surface area contributed by atoms with Crippen molar-refractivity contribution in [1.29, 1.82) is 5.41 Å². The molecule has 1 amide bonds. The summed E-state index contributed by atoms with van der Waals surface area (Å²) in [5.74, 6) is -0.856. The summed E-state index contributed by atoms with van der Waals surface area (Å²) in [7, 11) is 0. The summed E-state index contributed by atoms with van der Waals surface area (Å²) in [6.45, 7) is 9.31. The Morgan fingerprint density at radius 2 is 1.81 bits per heavy atom. The Kier molecular flexibility index (Phi) is 10.1. The molecule has 32 heavy (non-hydrogen) atoms. The molecule has 0 spiro atoms. The summed E-state index contributed by atoms with van der Waals surface area (Å²) in [5.41, 5.74) is 1.48. The second-order valence-corrected chi connectivity index (χ2v) is 7.98. The van der Waals surface area contributed by atoms with E-state index in [0.29, 0.717) is 18.4 Å². The zero-order valence-corrected chi connectivity index (χ0v) is 19.2. The first kappa shape index (κ1) is 25.3. The highest BCUT2D eigenvalue weighted by atomic mass is 19.1. The lowest BCUT2D eigenvalue weighted by Crippen LogP contribution is -2.44. The first-order chi connectivity index (χ1) is 15.3. The molecule has 2 aromatic carbocycles. The van der Waals surface area contributed by atoms with Crippen LogP contribution in [0.5, 0.6) is 5.75 Å². The predicted octanol–water partition coefficient (Wildman–Crippen LogP) is 4.08. The zero-order valence-electron chi connectivity index (χ0n) is 19.2. The van der Waals surface area contributed by atoms with Crippen molar-refractivity contribution in [1.82, 2.24) is 15.5 Å². The molecule has 1 atom stereocenters. The Balaban J connectivity index is 1.92. The van der Waals surface area contributed by atoms with Crippen LogP contribution in [0.4, 0.5) is 4.39 Å². The van der Waals surface area contributed by atoms with Gasteiger partial charge in [-0.1, -0.05) is 32.0 Å². The fourth-order valence-electron chi connectivity index (χ4n) is 3.65. The molecule has 2 aromatic rings. The lowest BCUT2D eigenvalue weighted by atomic mass is 9.98. The topological polar surface area (TPSA) is 88.5 Å². The molecule has 7 heteroatoms. The Hall–Kier alpha value is -2.93. The quantitative estimate of drug-likeness (QED) is 0.312. The van der Waals surface area contributed by atoms with Crippen molar-refractivity contribution in [2.45, 2.75) is 52.5 Å². The maximum absolute atomic E-state index is 14.5. The van der Waals surface area contributed by atoms with Crippen molar-refractivity contribution >= 4 is 11.9 Å². The molecule has 0 aliphatic carbocycles. The van der Waals surface area contributed by atoms with Crippen molar-refractivity contribution in [2.75, 3.05) is 19.6 Å². The molecule has 0 fully saturated rings. The minimum Gasteiger partial charge on any atom is -0.508 e. The smallest absolute Gasteiger partial charge is 0.258 e. The van der Waals surface area contributed by atoms with E-state index in [4.69, 9.17) is 5.41 Å². The standard InChI is InChI=1S/C25H35FN4O2/c1-4-30(5-2)17-7-8-18(3)28-25(27)29-24(32)22-9-6-10-23(26)21(22)16-13-19-11-14-20(31)15-12-19/h6,9-12,14-15,18,31H,4-5,7-8,13,16-17H2,1-3H3,(H3,27,28,29,32). The van der Waals surface area contributed by atoms with Gasteiger partial charge in [-0.2, -0.15) is 0 Å². The molecule has 0 aromatic heterocycles. The normalized spacial score (nSPS) is 11.9. The Morgan fingerprint density at radius 3 is 2.47 bits per heavy atom. The molecule has 0 radical (unpaired) electrons. The van der Waals surface area contributed by atoms with Crippen molar-refractivity contribution in [2.24, 2.45) is 0 Å². The first-order valence-electron chi connectivity index (χ1n) is 11.3. The number of carbonyl (C=O) groups excluding carboxylic acids is 1. The molecule has 174 valence electrons. The van der Waals surface area contributed by atoms with Crippen molar-refractivity contribution in [3.05, 3.63) is 65.0 Å². The summed E-state index contributed by atoms with van der Waals surface area (Å²) in [6, 6.07) is 11.2. The van der Waals surface area contributed by atoms with E-state index in [1.165, 1.54) is 12.1 Å². The molecule has 1 unspecified atom stereocenters. The van der Waals surface area contributed by atoms with Gasteiger partial charge < -0.3 is 15.3 Å². The third-order valence-corrected chi connectivity index (χ3v) is 5.60. The fraction of sp³-hybridized carbons (Fsp3) is 0.440. The molecule has 0 saturated heterocycles. The molecule has 6 nitrogen and oxygen atoms in total. The number of rotatable bonds is 11. The summed E-state index contributed by atoms with van der Waals surface area (Å²) < 4.78 is 14.5. The number of carbonyl (C=O) groups is 1. The van der Waals surface area contributed by atoms with Crippen LogP contribution in [0.3, 0.4) is 0 Å². The first-order valence-corrected chi connectivity index (χ1v) is 11.3. The fourth-order valence-corrected chi connectivity index (χ4v) is 3.65. The number of halogens is 1. The summed E-state index contributed by atoms with van der Waals surface area (Å²) >= 11 is 0. The van der Waals surface area contributed by atoms with Crippen LogP contribution in [0.25, 0.3) is 0 Å². The molecule has 0 aliphatic heterocycles. The number of benzene rings is 2. The molecular weight excluding hydrogens is 407 g/mol. The van der Waals surface area contributed by atoms with Gasteiger partial charge in [0.25, 0.3) is 5.91 Å². The van der Waals surface area contributed by atoms with Gasteiger partial charge in [0.1, 0.15) is 11.6 Å². The highest BCUT2D eigenvalue weighted by Gasteiger charge is 2.17. The van der Waals surface area contributed by atoms with Gasteiger partial charge in [0, 0.05) is 17.2 Å². The van der Waals surface area contributed by atoms with E-state index in [1.54, 1.807) is 30.3 Å². The van der Waals surface area contributed by atoms with E-state index in [-0.39, 0.29) is 23.3 Å². The number of aryl methyl sites for hydroxylation is 1. The molecule has 0 saturated carbocycles. The predicted molar refractivity (Wildman–Crippen MR) is 127 cm³/mol. The summed E-state index contributed by atoms with van der Waals surface area (Å²) in [6.07, 6.45) is 2.75. The van der Waals surface area contributed by atoms with E-state index in [0.717, 1.165) is 38.0 Å². The van der Waals surface area contributed by atoms with Crippen LogP contribution in [0.1, 0.15) is 55.1 Å². The number of nitrogens with one attached hydrogen (secondary N) is 3. The number of nitrogens with zero attached hydrogens (tertiary/aromatic N) is 1. The molecule has 2 rings (SSSR count). The average Bonchev–Trinajstić information content (AvgIpc) is 2.76. The van der Waals surface area contributed by atoms with Crippen LogP contribution in [-0.4, -0.2) is 47.5 Å². The second kappa shape index (κ2) is 12.8. The molecule has 4 N–H and O–H groups in total. The number of hydrogen-bond acceptors (Lipinski definition) is 4. The maximum Gasteiger partial charge on any atom is 0.258 e. The van der Waals surface area contributed by atoms with Gasteiger partial charge in [0.2, 0.25) is 0 Å². The average molecular weight is 443 g/mol. The summed E-state index contributed by atoms with van der Waals surface area (Å²) in [5, 5.41) is 23.1. The van der Waals surface area contributed by atoms with Crippen LogP contribution in [0, 0.1) is 11.2 Å². The Bertz CT molecular complexity index is 882. The Morgan fingerprint density at radius 1 is 1.12 bits per heavy atom. The van der Waals surface area contributed by atoms with Crippen molar-refractivity contribution in [3.63, 3.8) is 0 Å². The van der Waals surface area contributed by atoms with Gasteiger partial charge in [-0.15, -0.1) is 0 Å². The van der Waals surface area contributed by atoms with E-state index in [9.17, 15) is 14.3 Å². The lowest BCUT2D eigenvalue weighted by Gasteiger charge is -2.20. The molecule has 0 bridgehead atoms. The molecule has 0 heterocycles. The number of aromatic hydroxyl groups is 1. The molecule has 0 aliphatic rings. The van der Waals surface area contributed by atoms with E-state index >= 15 is 0 Å². The third kappa shape index (κ3) is 7.96. The Labute approximate surface area is 190 Å². The number of amides is 1. The van der Waals surface area contributed by atoms with Crippen LogP contribution in [0.15, 0.2) is 42.5 Å². The van der Waals surface area contributed by atoms with Gasteiger partial charge in [-0.05, 0) is 82.1 Å². The number of phenols is 1. The lowest BCUT2D eigenvalue weighted by molar-refractivity contribution is 0.0974. The van der Waals surface area contributed by atoms with Crippen LogP contribution in [0.2, 0.25) is 0 Å². The number of guanidine groups is 1. The SMILES string of the molecule is CCN(CC)CCCC(C)NC(=N)NC(=O)c1cccc(F)c1CCc1ccc(O)cc1. The van der Waals surface area contributed by atoms with Crippen molar-refractivity contribution in [3.8, 4) is 5.75 Å². The third-order valence-electron chi connectivity index (χ3n) is 5.60. The van der Waals surface area contributed by atoms with Crippen molar-refractivity contribution < 1.29 is 14.3 Å². The van der Waals surface area contributed by atoms with E-state index < -0.39 is 11.7 Å². The zero-order chi connectivity index (χ0) is 23.5. The second-order valence-electron chi connectivity index (χ2n) is 7.98. The highest BCUT2D eigenvalue weighted by Crippen LogP contribution is 2.18. The van der Waals surface area contributed by atoms with Gasteiger partial charge in [0.05, 0.1) is 0 Å². The molecular formula is C25H35FN4O2. The van der Waals surface area contributed by atoms with E-state index in [2.05, 4.69) is 29.4 Å². The maximum atomic E-state index is 14.5. The largest absolute Gasteiger partial charge is 0.508 e. The summed E-state index contributed by atoms with van der Waals surface area (Å²) in [4.78, 5) is 15.1. The number of phenolic OH excluding ortho intramolecular Hbond substituents is 1. The van der Waals surface area contributed by atoms with Gasteiger partial charge in [0.15, 0.2) is 5.96 Å². The minimum atomic E-state index is -0.502. The number of hydrogen-bond donors (Lipinski definition) is 4. The van der Waals surface area contributed by atoms with Crippen LogP contribution >= 0.6 is 0 Å². The van der Waals surface area contributed by atoms with E-state index in [1.807, 2.05) is 6.92 Å². The highest BCUT2D eigenvalue weighted by molar-refractivity contribution is 6.05. The van der Waals surface area contributed by atoms with Gasteiger partial charge >= 0.3 is 0 Å². The minimum absolute atomic E-state index is 0.0415. The van der Waals surface area contributed by atoms with Gasteiger partial charge in [-0.25, -0.2) is 4.39 Å². The monoisotopic (exact) mass is 442 g/mol. The van der Waals surface area contributed by atoms with Crippen LogP contribution in [-0.2, 0) is 12.8 Å².